The number of carbonyl (C=O) groups excluding carboxylic acids is 5. The molecule has 1 aliphatic rings. The van der Waals surface area contributed by atoms with Crippen LogP contribution < -0.4 is 61.0 Å². The molecule has 0 saturated carbocycles. The summed E-state index contributed by atoms with van der Waals surface area (Å²) in [5.41, 5.74) is 37.6. The number of nitrogens with one attached hydrogen (secondary N) is 5. The number of rotatable bonds is 20. The van der Waals surface area contributed by atoms with Crippen molar-refractivity contribution >= 4 is 104 Å². The molecule has 2 aromatic carbocycles. The van der Waals surface area contributed by atoms with Crippen LogP contribution in [0.15, 0.2) is 42.5 Å². The van der Waals surface area contributed by atoms with Gasteiger partial charge in [-0.25, -0.2) is 0 Å². The van der Waals surface area contributed by atoms with Crippen LogP contribution >= 0.6 is 74.4 Å². The highest BCUT2D eigenvalue weighted by Crippen LogP contribution is 2.28. The zero-order valence-electron chi connectivity index (χ0n) is 35.0. The van der Waals surface area contributed by atoms with Crippen molar-refractivity contribution < 1.29 is 34.2 Å². The fourth-order valence-corrected chi connectivity index (χ4v) is 6.51. The number of carbonyl (C=O) groups is 5. The number of aromatic hydroxyl groups is 1. The fraction of sp³-hybridized carbons (Fsp3) is 0.564. The molecule has 2 aromatic rings. The molecule has 63 heavy (non-hydrogen) atoms. The quantitative estimate of drug-likeness (QED) is 0.0813. The Labute approximate surface area is 406 Å². The highest BCUT2D eigenvalue weighted by molar-refractivity contribution is 5.95. The summed E-state index contributed by atoms with van der Waals surface area (Å²) in [7, 11) is 0. The van der Waals surface area contributed by atoms with Crippen molar-refractivity contribution in [2.45, 2.75) is 107 Å². The fourth-order valence-electron chi connectivity index (χ4n) is 6.51. The number of benzene rings is 2. The molecule has 0 aromatic heterocycles. The Hall–Kier alpha value is -2.95. The predicted molar refractivity (Wildman–Crippen MR) is 260 cm³/mol. The normalized spacial score (nSPS) is 17.5. The van der Waals surface area contributed by atoms with Crippen LogP contribution in [0.25, 0.3) is 11.1 Å². The second-order valence-electron chi connectivity index (χ2n) is 14.6. The van der Waals surface area contributed by atoms with Crippen molar-refractivity contribution in [2.75, 3.05) is 32.7 Å². The summed E-state index contributed by atoms with van der Waals surface area (Å²) >= 11 is 0. The van der Waals surface area contributed by atoms with Crippen molar-refractivity contribution in [1.82, 2.24) is 26.6 Å². The summed E-state index contributed by atoms with van der Waals surface area (Å²) < 4.78 is 0. The number of fused-ring (bicyclic) bond motifs is 5. The van der Waals surface area contributed by atoms with Gasteiger partial charge in [0.2, 0.25) is 29.5 Å². The van der Waals surface area contributed by atoms with Crippen LogP contribution in [-0.4, -0.2) is 115 Å². The van der Waals surface area contributed by atoms with E-state index in [0.717, 1.165) is 12.0 Å². The number of amides is 5. The highest BCUT2D eigenvalue weighted by Gasteiger charge is 2.33. The van der Waals surface area contributed by atoms with E-state index in [-0.39, 0.29) is 144 Å². The first kappa shape index (κ1) is 66.7. The molecular formula is C39H69Cl6N11O7. The van der Waals surface area contributed by atoms with Crippen LogP contribution in [0.2, 0.25) is 0 Å². The number of nitrogens with two attached hydrogens (primary N) is 6. The van der Waals surface area contributed by atoms with Gasteiger partial charge in [0.15, 0.2) is 0 Å². The number of hydrogen-bond acceptors (Lipinski definition) is 13. The minimum atomic E-state index is -1.35. The lowest BCUT2D eigenvalue weighted by Gasteiger charge is -2.27. The van der Waals surface area contributed by atoms with E-state index in [2.05, 4.69) is 26.6 Å². The van der Waals surface area contributed by atoms with E-state index >= 15 is 0 Å². The first-order valence-electron chi connectivity index (χ1n) is 19.7. The number of aliphatic hydroxyl groups is 1. The Balaban J connectivity index is -0.00000290. The van der Waals surface area contributed by atoms with Gasteiger partial charge in [0.05, 0.1) is 12.1 Å². The van der Waals surface area contributed by atoms with E-state index in [1.165, 1.54) is 6.07 Å². The molecule has 24 heteroatoms. The second kappa shape index (κ2) is 35.3. The van der Waals surface area contributed by atoms with Crippen molar-refractivity contribution in [3.8, 4) is 16.9 Å². The summed E-state index contributed by atoms with van der Waals surface area (Å²) in [4.78, 5) is 68.1. The zero-order chi connectivity index (χ0) is 41.9. The van der Waals surface area contributed by atoms with Gasteiger partial charge in [-0.2, -0.15) is 0 Å². The molecule has 4 bridgehead atoms. The minimum Gasteiger partial charge on any atom is -0.508 e. The van der Waals surface area contributed by atoms with Gasteiger partial charge in [-0.3, -0.25) is 24.0 Å². The molecule has 7 atom stereocenters. The Morgan fingerprint density at radius 1 is 0.778 bits per heavy atom. The third kappa shape index (κ3) is 23.2. The van der Waals surface area contributed by atoms with E-state index in [1.807, 2.05) is 12.1 Å². The maximum absolute atomic E-state index is 14.2. The van der Waals surface area contributed by atoms with Crippen LogP contribution in [-0.2, 0) is 36.8 Å². The summed E-state index contributed by atoms with van der Waals surface area (Å²) in [6.45, 7) is 1.09. The van der Waals surface area contributed by atoms with Gasteiger partial charge in [-0.1, -0.05) is 30.3 Å². The monoisotopic (exact) mass is 1010 g/mol. The number of halogens is 6. The Bertz CT molecular complexity index is 1660. The topological polar surface area (TPSA) is 342 Å². The molecule has 0 aliphatic carbocycles. The van der Waals surface area contributed by atoms with Gasteiger partial charge >= 0.3 is 0 Å². The van der Waals surface area contributed by atoms with Crippen molar-refractivity contribution in [1.29, 1.82) is 0 Å². The smallest absolute Gasteiger partial charge is 0.243 e. The van der Waals surface area contributed by atoms with Gasteiger partial charge < -0.3 is 71.2 Å². The molecular weight excluding hydrogens is 947 g/mol. The lowest BCUT2D eigenvalue weighted by molar-refractivity contribution is -0.134. The van der Waals surface area contributed by atoms with Crippen LogP contribution in [0.1, 0.15) is 62.5 Å². The maximum Gasteiger partial charge on any atom is 0.243 e. The first-order valence-corrected chi connectivity index (χ1v) is 19.7. The molecule has 3 rings (SSSR count). The van der Waals surface area contributed by atoms with Gasteiger partial charge in [-0.05, 0) is 92.5 Å². The number of phenols is 1. The van der Waals surface area contributed by atoms with Crippen LogP contribution in [0.3, 0.4) is 0 Å². The molecule has 19 N–H and O–H groups in total. The minimum absolute atomic E-state index is 0. The number of phenolic OH excluding ortho intramolecular Hbond substituents is 1. The standard InChI is InChI=1S/C39H63N11O7.6ClH/c40-12-2-7-27(44)22-46-35(53)19-28(8-3-13-41)47-37(55)31(9-4-14-42)48-38(56)32-16-23-5-1-6-24(15-23)25-10-11-34(52)26(17-25)18-30(45)36(54)49-33(39(57)50-32)20-29(51)21-43;;;;;;/h1,5-6,10-11,15,17,27-33,51-52H,2-4,7-9,12-14,16,18-22,40-45H2,(H,46,53)(H,47,55)(H,48,56)(H,49,54)(H,50,57);6*1H/t27-,28-,29+,30-,31-,32-,33-;;;;;;/m0....../s1. The van der Waals surface area contributed by atoms with Crippen LogP contribution in [0.5, 0.6) is 5.75 Å². The average Bonchev–Trinajstić information content (AvgIpc) is 3.19. The highest BCUT2D eigenvalue weighted by atomic mass is 35.5. The molecule has 1 aliphatic heterocycles. The van der Waals surface area contributed by atoms with E-state index in [9.17, 15) is 34.2 Å². The lowest BCUT2D eigenvalue weighted by atomic mass is 9.96. The third-order valence-corrected chi connectivity index (χ3v) is 9.81. The summed E-state index contributed by atoms with van der Waals surface area (Å²) in [6, 6.07) is 6.38. The van der Waals surface area contributed by atoms with E-state index < -0.39 is 59.9 Å². The van der Waals surface area contributed by atoms with Gasteiger partial charge in [-0.15, -0.1) is 74.4 Å². The average molecular weight is 1020 g/mol. The molecule has 0 fully saturated rings. The van der Waals surface area contributed by atoms with E-state index in [4.69, 9.17) is 34.4 Å². The molecule has 1 heterocycles. The molecule has 0 saturated heterocycles. The van der Waals surface area contributed by atoms with Crippen LogP contribution in [0.4, 0.5) is 0 Å². The molecule has 364 valence electrons. The van der Waals surface area contributed by atoms with Crippen LogP contribution in [0, 0.1) is 0 Å². The molecule has 18 nitrogen and oxygen atoms in total. The second-order valence-corrected chi connectivity index (χ2v) is 14.6. The molecule has 0 spiro atoms. The van der Waals surface area contributed by atoms with E-state index in [1.54, 1.807) is 24.3 Å². The SMILES string of the molecule is Cl.Cl.Cl.Cl.Cl.Cl.NCCC[C@H](N)CNC(=O)C[C@H](CCCN)NC(=O)[C@H](CCCN)NC(=O)[C@@H]1Cc2cccc(c2)-c2ccc(O)c(c2)C[C@H](N)C(=O)N[C@@H](C[C@@H](O)CN)C(=O)N1. The predicted octanol–water partition coefficient (Wildman–Crippen LogP) is -0.285. The van der Waals surface area contributed by atoms with Gasteiger partial charge in [0.25, 0.3) is 0 Å². The summed E-state index contributed by atoms with van der Waals surface area (Å²) in [5.74, 6) is -3.15. The first-order chi connectivity index (χ1) is 27.3. The summed E-state index contributed by atoms with van der Waals surface area (Å²) in [5, 5.41) is 34.8. The largest absolute Gasteiger partial charge is 0.508 e. The summed E-state index contributed by atoms with van der Waals surface area (Å²) in [6.07, 6.45) is 1.20. The van der Waals surface area contributed by atoms with Gasteiger partial charge in [0, 0.05) is 50.9 Å². The van der Waals surface area contributed by atoms with E-state index in [0.29, 0.717) is 55.5 Å². The number of aliphatic hydroxyl groups excluding tert-OH is 1. The van der Waals surface area contributed by atoms with Crippen molar-refractivity contribution in [2.24, 2.45) is 34.4 Å². The van der Waals surface area contributed by atoms with Crippen molar-refractivity contribution in [3.05, 3.63) is 53.6 Å². The Morgan fingerprint density at radius 2 is 1.40 bits per heavy atom. The van der Waals surface area contributed by atoms with Crippen molar-refractivity contribution in [3.63, 3.8) is 0 Å². The molecule has 0 radical (unpaired) electrons. The molecule has 0 unspecified atom stereocenters. The third-order valence-electron chi connectivity index (χ3n) is 9.81. The Kier molecular flexibility index (Phi) is 37.4. The molecule has 5 amide bonds. The maximum atomic E-state index is 14.2. The zero-order valence-corrected chi connectivity index (χ0v) is 39.9. The van der Waals surface area contributed by atoms with Gasteiger partial charge in [0.1, 0.15) is 23.9 Å². The lowest BCUT2D eigenvalue weighted by Crippen LogP contribution is -2.59. The Morgan fingerprint density at radius 3 is 2.03 bits per heavy atom. The number of hydrogen-bond donors (Lipinski definition) is 13.